The summed E-state index contributed by atoms with van der Waals surface area (Å²) in [6.45, 7) is 0.256. The number of phenols is 2. The van der Waals surface area contributed by atoms with Crippen LogP contribution in [-0.2, 0) is 70.4 Å². The number of aliphatic carboxylic acids is 3. The molecule has 2 aromatic rings. The lowest BCUT2D eigenvalue weighted by molar-refractivity contribution is -0.141. The number of aromatic hydroxyl groups is 2. The van der Waals surface area contributed by atoms with Crippen molar-refractivity contribution >= 4 is 71.1 Å². The number of carboxylic acids is 3. The van der Waals surface area contributed by atoms with Crippen LogP contribution in [0.1, 0.15) is 63.0 Å². The predicted octanol–water partition coefficient (Wildman–Crippen LogP) is -4.10. The first-order valence-electron chi connectivity index (χ1n) is 20.9. The number of nitrogens with two attached hydrogens (primary N) is 1. The van der Waals surface area contributed by atoms with Gasteiger partial charge >= 0.3 is 17.9 Å². The normalized spacial score (nSPS) is 23.2. The average Bonchev–Trinajstić information content (AvgIpc) is 3.26. The standard InChI is InChI=1S/C42H53N9O17/c1-20-37(63)48-27(12-15-34(58)59)39(65)47-25(36(43)62)10-13-31(54)46-28(16-21-2-6-23(52)7-3-21)40(66)50-29(17-22-4-8-24(53)9-5-22)41(67)51-30(18-35(60)61)42(68)49-26(11-14-33(56)57)38(64)44-19-32(55)45-20/h2-9,20,25-30,52-53H,10-19H2,1H3,(H2,43,62)(H,44,64)(H,45,55)(H,46,54)(H,47,65)(H,48,63)(H,49,68)(H,50,66)(H,51,67)(H,56,57)(H,58,59)(H,60,61)/t20-,25-,26-,27-,28-,29-,30-/m0/s1. The maximum Gasteiger partial charge on any atom is 0.305 e. The van der Waals surface area contributed by atoms with Crippen LogP contribution < -0.4 is 48.3 Å². The summed E-state index contributed by atoms with van der Waals surface area (Å²) >= 11 is 0. The lowest BCUT2D eigenvalue weighted by Gasteiger charge is -2.26. The number of carbonyl (C=O) groups is 12. The Kier molecular flexibility index (Phi) is 20.6. The van der Waals surface area contributed by atoms with Gasteiger partial charge in [0.2, 0.25) is 53.2 Å². The zero-order chi connectivity index (χ0) is 50.7. The Labute approximate surface area is 386 Å². The minimum absolute atomic E-state index is 0.146. The summed E-state index contributed by atoms with van der Waals surface area (Å²) in [6.07, 6.45) is -5.46. The Hall–Kier alpha value is -8.32. The number of amides is 9. The van der Waals surface area contributed by atoms with E-state index in [2.05, 4.69) is 42.5 Å². The van der Waals surface area contributed by atoms with Crippen molar-refractivity contribution in [3.05, 3.63) is 59.7 Å². The number of hydrogen-bond donors (Lipinski definition) is 14. The second-order valence-electron chi connectivity index (χ2n) is 15.6. The molecule has 0 aromatic heterocycles. The minimum atomic E-state index is -1.99. The maximum atomic E-state index is 14.2. The monoisotopic (exact) mass is 955 g/mol. The highest BCUT2D eigenvalue weighted by Gasteiger charge is 2.34. The average molecular weight is 956 g/mol. The van der Waals surface area contributed by atoms with Gasteiger partial charge in [-0.25, -0.2) is 0 Å². The molecule has 15 N–H and O–H groups in total. The fourth-order valence-corrected chi connectivity index (χ4v) is 6.47. The van der Waals surface area contributed by atoms with E-state index < -0.39 is 165 Å². The maximum absolute atomic E-state index is 14.2. The number of hydrogen-bond acceptors (Lipinski definition) is 14. The Bertz CT molecular complexity index is 2220. The smallest absolute Gasteiger partial charge is 0.305 e. The lowest BCUT2D eigenvalue weighted by atomic mass is 10.0. The van der Waals surface area contributed by atoms with Crippen LogP contribution in [0.25, 0.3) is 0 Å². The number of rotatable bonds is 13. The molecular formula is C42H53N9O17. The van der Waals surface area contributed by atoms with Crippen molar-refractivity contribution in [1.82, 2.24) is 42.5 Å². The highest BCUT2D eigenvalue weighted by molar-refractivity contribution is 5.98. The van der Waals surface area contributed by atoms with Gasteiger partial charge in [-0.3, -0.25) is 57.5 Å². The van der Waals surface area contributed by atoms with Crippen LogP contribution in [0.4, 0.5) is 0 Å². The summed E-state index contributed by atoms with van der Waals surface area (Å²) in [5.74, 6) is -14.7. The van der Waals surface area contributed by atoms with Crippen molar-refractivity contribution in [3.8, 4) is 11.5 Å². The Morgan fingerprint density at radius 3 is 1.44 bits per heavy atom. The van der Waals surface area contributed by atoms with Gasteiger partial charge in [-0.15, -0.1) is 0 Å². The van der Waals surface area contributed by atoms with E-state index in [1.807, 2.05) is 0 Å². The van der Waals surface area contributed by atoms with Crippen LogP contribution in [0.5, 0.6) is 11.5 Å². The molecule has 1 aliphatic heterocycles. The predicted molar refractivity (Wildman–Crippen MR) is 230 cm³/mol. The van der Waals surface area contributed by atoms with Crippen LogP contribution in [0, 0.1) is 0 Å². The molecule has 0 unspecified atom stereocenters. The molecule has 0 saturated carbocycles. The van der Waals surface area contributed by atoms with Gasteiger partial charge in [-0.2, -0.15) is 0 Å². The first-order valence-corrected chi connectivity index (χ1v) is 20.9. The molecule has 1 saturated heterocycles. The highest BCUT2D eigenvalue weighted by Crippen LogP contribution is 2.15. The number of phenolic OH excluding ortho intramolecular Hbond substituents is 2. The van der Waals surface area contributed by atoms with Gasteiger partial charge in [-0.05, 0) is 61.6 Å². The molecule has 68 heavy (non-hydrogen) atoms. The van der Waals surface area contributed by atoms with Crippen LogP contribution >= 0.6 is 0 Å². The lowest BCUT2D eigenvalue weighted by Crippen LogP contribution is -2.59. The summed E-state index contributed by atoms with van der Waals surface area (Å²) in [4.78, 5) is 155. The van der Waals surface area contributed by atoms with Crippen LogP contribution in [-0.4, -0.2) is 145 Å². The molecule has 2 aromatic carbocycles. The molecule has 7 atom stereocenters. The summed E-state index contributed by atoms with van der Waals surface area (Å²) < 4.78 is 0. The summed E-state index contributed by atoms with van der Waals surface area (Å²) in [7, 11) is 0. The van der Waals surface area contributed by atoms with E-state index in [-0.39, 0.29) is 24.3 Å². The quantitative estimate of drug-likeness (QED) is 0.0907. The number of benzene rings is 2. The van der Waals surface area contributed by atoms with Crippen LogP contribution in [0.2, 0.25) is 0 Å². The van der Waals surface area contributed by atoms with Gasteiger partial charge in [-0.1, -0.05) is 24.3 Å². The van der Waals surface area contributed by atoms with Gasteiger partial charge in [0.05, 0.1) is 13.0 Å². The zero-order valence-corrected chi connectivity index (χ0v) is 36.4. The van der Waals surface area contributed by atoms with E-state index in [1.54, 1.807) is 0 Å². The van der Waals surface area contributed by atoms with Crippen molar-refractivity contribution < 1.29 is 83.1 Å². The van der Waals surface area contributed by atoms with E-state index in [1.165, 1.54) is 48.5 Å². The molecule has 3 rings (SSSR count). The minimum Gasteiger partial charge on any atom is -0.508 e. The summed E-state index contributed by atoms with van der Waals surface area (Å²) in [5.41, 5.74) is 6.21. The van der Waals surface area contributed by atoms with E-state index in [9.17, 15) is 83.1 Å². The molecule has 26 heteroatoms. The van der Waals surface area contributed by atoms with Gasteiger partial charge < -0.3 is 73.8 Å². The van der Waals surface area contributed by atoms with Crippen molar-refractivity contribution in [3.63, 3.8) is 0 Å². The molecule has 368 valence electrons. The fraction of sp³-hybridized carbons (Fsp3) is 0.429. The molecule has 0 bridgehead atoms. The Morgan fingerprint density at radius 1 is 0.529 bits per heavy atom. The summed E-state index contributed by atoms with van der Waals surface area (Å²) in [6, 6.07) is -1.06. The topological polar surface area (TPSA) is 428 Å². The molecule has 0 spiro atoms. The van der Waals surface area contributed by atoms with E-state index >= 15 is 0 Å². The molecule has 1 heterocycles. The first-order chi connectivity index (χ1) is 32.0. The number of carbonyl (C=O) groups excluding carboxylic acids is 9. The molecule has 1 fully saturated rings. The molecule has 0 aliphatic carbocycles. The highest BCUT2D eigenvalue weighted by atomic mass is 16.4. The van der Waals surface area contributed by atoms with Crippen LogP contribution in [0.3, 0.4) is 0 Å². The number of nitrogens with one attached hydrogen (secondary N) is 8. The third-order valence-electron chi connectivity index (χ3n) is 10.1. The SMILES string of the molecule is C[C@@H]1NC(=O)CNC(=O)[C@H](CCC(=O)O)NC(=O)[C@H](CC(=O)O)NC(=O)[C@H](Cc2ccc(O)cc2)NC(=O)[C@H](Cc2ccc(O)cc2)NC(=O)CC[C@@H](C(N)=O)NC(=O)[C@H](CCC(=O)O)NC1=O. The number of carboxylic acid groups (broad SMARTS) is 3. The van der Waals surface area contributed by atoms with Crippen molar-refractivity contribution in [2.45, 2.75) is 107 Å². The zero-order valence-electron chi connectivity index (χ0n) is 36.4. The third kappa shape index (κ3) is 18.6. The van der Waals surface area contributed by atoms with Crippen molar-refractivity contribution in [2.24, 2.45) is 5.73 Å². The van der Waals surface area contributed by atoms with Gasteiger partial charge in [0.1, 0.15) is 53.8 Å². The van der Waals surface area contributed by atoms with E-state index in [4.69, 9.17) is 5.73 Å². The second kappa shape index (κ2) is 26.0. The fourth-order valence-electron chi connectivity index (χ4n) is 6.47. The van der Waals surface area contributed by atoms with E-state index in [0.29, 0.717) is 11.1 Å². The third-order valence-corrected chi connectivity index (χ3v) is 10.1. The summed E-state index contributed by atoms with van der Waals surface area (Å²) in [5, 5.41) is 66.3. The molecule has 26 nitrogen and oxygen atoms in total. The number of primary amides is 1. The van der Waals surface area contributed by atoms with Crippen molar-refractivity contribution in [2.75, 3.05) is 6.54 Å². The van der Waals surface area contributed by atoms with Crippen molar-refractivity contribution in [1.29, 1.82) is 0 Å². The molecule has 9 amide bonds. The molecule has 1 aliphatic rings. The van der Waals surface area contributed by atoms with E-state index in [0.717, 1.165) is 6.92 Å². The van der Waals surface area contributed by atoms with Gasteiger partial charge in [0, 0.05) is 32.1 Å². The van der Waals surface area contributed by atoms with Crippen LogP contribution in [0.15, 0.2) is 48.5 Å². The largest absolute Gasteiger partial charge is 0.508 e. The molecular weight excluding hydrogens is 903 g/mol. The Morgan fingerprint density at radius 2 is 0.956 bits per heavy atom. The second-order valence-corrected chi connectivity index (χ2v) is 15.6. The van der Waals surface area contributed by atoms with Gasteiger partial charge in [0.25, 0.3) is 0 Å². The first kappa shape index (κ1) is 54.0. The Balaban J connectivity index is 2.11. The molecule has 0 radical (unpaired) electrons. The van der Waals surface area contributed by atoms with Gasteiger partial charge in [0.15, 0.2) is 0 Å².